The second-order valence-electron chi connectivity index (χ2n) is 11.4. The predicted molar refractivity (Wildman–Crippen MR) is 133 cm³/mol. The largest absolute Gasteiger partial charge is 0.129 e. The van der Waals surface area contributed by atoms with Crippen LogP contribution in [0.2, 0.25) is 78.6 Å². The van der Waals surface area contributed by atoms with Gasteiger partial charge in [-0.3, -0.25) is 0 Å². The van der Waals surface area contributed by atoms with Crippen LogP contribution >= 0.6 is 0 Å². The predicted octanol–water partition coefficient (Wildman–Crippen LogP) is 5.23. The molecule has 0 bridgehead atoms. The van der Waals surface area contributed by atoms with Crippen LogP contribution < -0.4 is 10.4 Å². The van der Waals surface area contributed by atoms with Gasteiger partial charge in [0.25, 0.3) is 0 Å². The Morgan fingerprint density at radius 2 is 1.04 bits per heavy atom. The summed E-state index contributed by atoms with van der Waals surface area (Å²) in [5.41, 5.74) is 9.63. The first-order chi connectivity index (χ1) is 11.4. The quantitative estimate of drug-likeness (QED) is 0.459. The Labute approximate surface area is 167 Å². The van der Waals surface area contributed by atoms with E-state index in [0.29, 0.717) is 0 Å². The summed E-state index contributed by atoms with van der Waals surface area (Å²) in [6.45, 7) is 28.6. The zero-order valence-electron chi connectivity index (χ0n) is 19.2. The van der Waals surface area contributed by atoms with Gasteiger partial charge in [0.1, 0.15) is 16.1 Å². The molecule has 0 radical (unpaired) electrons. The highest BCUT2D eigenvalue weighted by Crippen LogP contribution is 2.15. The van der Waals surface area contributed by atoms with E-state index in [0.717, 1.165) is 5.56 Å². The number of rotatable bonds is 2. The van der Waals surface area contributed by atoms with Gasteiger partial charge in [0.15, 0.2) is 0 Å². The van der Waals surface area contributed by atoms with E-state index in [1.54, 1.807) is 10.4 Å². The maximum atomic E-state index is 3.66. The van der Waals surface area contributed by atoms with Crippen molar-refractivity contribution in [2.45, 2.75) is 78.6 Å². The summed E-state index contributed by atoms with van der Waals surface area (Å²) in [5.74, 6) is 7.20. The maximum absolute atomic E-state index is 3.66. The van der Waals surface area contributed by atoms with Crippen LogP contribution in [0, 0.1) is 22.9 Å². The molecule has 1 aromatic rings. The zero-order valence-corrected chi connectivity index (χ0v) is 23.2. The molecule has 0 unspecified atom stereocenters. The van der Waals surface area contributed by atoms with Crippen molar-refractivity contribution in [3.8, 4) is 22.9 Å². The fourth-order valence-corrected chi connectivity index (χ4v) is 9.30. The first-order valence-electron chi connectivity index (χ1n) is 9.66. The van der Waals surface area contributed by atoms with E-state index in [2.05, 4.69) is 114 Å². The van der Waals surface area contributed by atoms with Crippen molar-refractivity contribution in [2.75, 3.05) is 0 Å². The van der Waals surface area contributed by atoms with Crippen molar-refractivity contribution in [1.82, 2.24) is 0 Å². The van der Waals surface area contributed by atoms with Gasteiger partial charge in [0.2, 0.25) is 0 Å². The molecule has 0 saturated carbocycles. The van der Waals surface area contributed by atoms with Gasteiger partial charge in [-0.05, 0) is 11.3 Å². The van der Waals surface area contributed by atoms with Crippen LogP contribution in [-0.2, 0) is 0 Å². The van der Waals surface area contributed by atoms with Crippen LogP contribution in [0.5, 0.6) is 0 Å². The normalized spacial score (nSPS) is 12.8. The highest BCUT2D eigenvalue weighted by Gasteiger charge is 2.30. The molecule has 0 aromatic heterocycles. The summed E-state index contributed by atoms with van der Waals surface area (Å²) in [6.07, 6.45) is 0. The summed E-state index contributed by atoms with van der Waals surface area (Å²) in [5, 5.41) is 3.17. The van der Waals surface area contributed by atoms with Crippen LogP contribution in [0.25, 0.3) is 0 Å². The average Bonchev–Trinajstić information content (AvgIpc) is 2.38. The van der Waals surface area contributed by atoms with E-state index in [9.17, 15) is 0 Å². The Bertz CT molecular complexity index is 784. The Morgan fingerprint density at radius 1 is 0.577 bits per heavy atom. The molecule has 1 aromatic carbocycles. The van der Waals surface area contributed by atoms with Crippen molar-refractivity contribution < 1.29 is 0 Å². The second kappa shape index (κ2) is 7.68. The summed E-state index contributed by atoms with van der Waals surface area (Å²) in [4.78, 5) is 0. The minimum atomic E-state index is -1.54. The molecule has 1 rings (SSSR count). The van der Waals surface area contributed by atoms with E-state index in [1.165, 1.54) is 5.56 Å². The Kier molecular flexibility index (Phi) is 6.87. The maximum Gasteiger partial charge on any atom is 0.129 e. The lowest BCUT2D eigenvalue weighted by molar-refractivity contribution is 1.59. The molecule has 0 saturated heterocycles. The van der Waals surface area contributed by atoms with Gasteiger partial charge in [0, 0.05) is 11.1 Å². The number of hydrogen-bond donors (Lipinski definition) is 0. The van der Waals surface area contributed by atoms with Crippen LogP contribution in [0.15, 0.2) is 12.1 Å². The number of benzene rings is 1. The number of hydrogen-bond acceptors (Lipinski definition) is 0. The van der Waals surface area contributed by atoms with Crippen molar-refractivity contribution in [3.63, 3.8) is 0 Å². The third kappa shape index (κ3) is 7.08. The lowest BCUT2D eigenvalue weighted by Gasteiger charge is -2.30. The molecule has 0 aliphatic rings. The average molecular weight is 415 g/mol. The molecule has 4 heteroatoms. The molecule has 0 amide bonds. The molecule has 0 aliphatic carbocycles. The molecule has 0 fully saturated rings. The minimum absolute atomic E-state index is 1.16. The monoisotopic (exact) mass is 414 g/mol. The van der Waals surface area contributed by atoms with Crippen LogP contribution in [0.4, 0.5) is 0 Å². The summed E-state index contributed by atoms with van der Waals surface area (Å²) < 4.78 is 0. The van der Waals surface area contributed by atoms with E-state index in [-0.39, 0.29) is 0 Å². The van der Waals surface area contributed by atoms with Crippen LogP contribution in [0.3, 0.4) is 0 Å². The third-order valence-corrected chi connectivity index (χ3v) is 9.95. The van der Waals surface area contributed by atoms with Gasteiger partial charge in [-0.25, -0.2) is 0 Å². The van der Waals surface area contributed by atoms with Crippen LogP contribution in [0.1, 0.15) is 11.1 Å². The molecule has 0 spiro atoms. The SMILES string of the molecule is C[Si](C)(C)C#Cc1ccc([Si](C)(C)C)c([Si](C)(C)C)c1C#C[Si](C)(C)C. The first kappa shape index (κ1) is 23.2. The standard InChI is InChI=1S/C22H38Si4/c1-23(2,3)17-15-19-13-14-21(25(7,8)9)22(26(10,11)12)20(19)16-18-24(4,5)6/h13-14H,1-12H3. The topological polar surface area (TPSA) is 0 Å². The van der Waals surface area contributed by atoms with Crippen molar-refractivity contribution in [3.05, 3.63) is 23.3 Å². The molecular formula is C22H38Si4. The Hall–Kier alpha value is -0.792. The van der Waals surface area contributed by atoms with E-state index in [4.69, 9.17) is 0 Å². The Balaban J connectivity index is 3.94. The minimum Gasteiger partial charge on any atom is -0.127 e. The second-order valence-corrected chi connectivity index (χ2v) is 30.9. The molecule has 142 valence electrons. The van der Waals surface area contributed by atoms with Crippen molar-refractivity contribution >= 4 is 42.7 Å². The van der Waals surface area contributed by atoms with Gasteiger partial charge in [-0.15, -0.1) is 11.1 Å². The molecular weight excluding hydrogens is 377 g/mol. The fraction of sp³-hybridized carbons (Fsp3) is 0.545. The summed E-state index contributed by atoms with van der Waals surface area (Å²) in [7, 11) is -5.84. The lowest BCUT2D eigenvalue weighted by atomic mass is 10.1. The van der Waals surface area contributed by atoms with E-state index in [1.807, 2.05) is 0 Å². The highest BCUT2D eigenvalue weighted by molar-refractivity contribution is 6.98. The van der Waals surface area contributed by atoms with Gasteiger partial charge < -0.3 is 0 Å². The van der Waals surface area contributed by atoms with Crippen molar-refractivity contribution in [2.24, 2.45) is 0 Å². The summed E-state index contributed by atoms with van der Waals surface area (Å²) in [6, 6.07) is 4.65. The molecule has 26 heavy (non-hydrogen) atoms. The highest BCUT2D eigenvalue weighted by atomic mass is 28.3. The van der Waals surface area contributed by atoms with Gasteiger partial charge in [0.05, 0.1) is 16.1 Å². The molecule has 0 nitrogen and oxygen atoms in total. The molecule has 0 heterocycles. The van der Waals surface area contributed by atoms with Gasteiger partial charge in [-0.1, -0.05) is 102 Å². The molecule has 0 atom stereocenters. The first-order valence-corrected chi connectivity index (χ1v) is 23.7. The van der Waals surface area contributed by atoms with Gasteiger partial charge >= 0.3 is 0 Å². The smallest absolute Gasteiger partial charge is 0.127 e. The summed E-state index contributed by atoms with van der Waals surface area (Å²) >= 11 is 0. The van der Waals surface area contributed by atoms with Crippen LogP contribution in [-0.4, -0.2) is 32.3 Å². The fourth-order valence-electron chi connectivity index (χ4n) is 2.75. The van der Waals surface area contributed by atoms with Gasteiger partial charge in [-0.2, -0.15) is 0 Å². The van der Waals surface area contributed by atoms with Crippen molar-refractivity contribution in [1.29, 1.82) is 0 Å². The lowest BCUT2D eigenvalue weighted by Crippen LogP contribution is -2.57. The zero-order chi connectivity index (χ0) is 20.6. The molecule has 0 aliphatic heterocycles. The Morgan fingerprint density at radius 3 is 1.42 bits per heavy atom. The molecule has 0 N–H and O–H groups in total. The van der Waals surface area contributed by atoms with E-state index >= 15 is 0 Å². The van der Waals surface area contributed by atoms with E-state index < -0.39 is 32.3 Å². The third-order valence-electron chi connectivity index (χ3n) is 3.90.